The molecule has 0 radical (unpaired) electrons. The summed E-state index contributed by atoms with van der Waals surface area (Å²) in [6.45, 7) is 11.1. The van der Waals surface area contributed by atoms with Crippen molar-refractivity contribution in [3.05, 3.63) is 23.3 Å². The third-order valence-corrected chi connectivity index (χ3v) is 11.8. The van der Waals surface area contributed by atoms with E-state index in [1.807, 2.05) is 14.0 Å². The zero-order valence-corrected chi connectivity index (χ0v) is 24.0. The molecule has 0 unspecified atom stereocenters. The highest BCUT2D eigenvalue weighted by atomic mass is 16.6. The van der Waals surface area contributed by atoms with Crippen LogP contribution in [0.15, 0.2) is 17.1 Å². The van der Waals surface area contributed by atoms with E-state index in [4.69, 9.17) is 25.7 Å². The molecule has 1 aromatic rings. The van der Waals surface area contributed by atoms with Gasteiger partial charge in [0.15, 0.2) is 17.5 Å². The highest BCUT2D eigenvalue weighted by Gasteiger charge is 2.82. The summed E-state index contributed by atoms with van der Waals surface area (Å²) in [6.07, 6.45) is 5.65. The van der Waals surface area contributed by atoms with Crippen molar-refractivity contribution >= 4 is 5.96 Å². The van der Waals surface area contributed by atoms with Crippen LogP contribution in [0.5, 0.6) is 11.5 Å². The Morgan fingerprint density at radius 2 is 1.95 bits per heavy atom. The first-order valence-electron chi connectivity index (χ1n) is 14.3. The molecule has 8 nitrogen and oxygen atoms in total. The summed E-state index contributed by atoms with van der Waals surface area (Å²) >= 11 is 0. The van der Waals surface area contributed by atoms with Crippen LogP contribution in [0.25, 0.3) is 0 Å². The molecule has 38 heavy (non-hydrogen) atoms. The summed E-state index contributed by atoms with van der Waals surface area (Å²) in [5, 5.41) is 12.3. The van der Waals surface area contributed by atoms with E-state index in [0.717, 1.165) is 63.1 Å². The maximum Gasteiger partial charge on any atom is 0.185 e. The van der Waals surface area contributed by atoms with Crippen molar-refractivity contribution in [3.8, 4) is 11.5 Å². The smallest absolute Gasteiger partial charge is 0.185 e. The quantitative estimate of drug-likeness (QED) is 0.284. The van der Waals surface area contributed by atoms with Gasteiger partial charge in [0.2, 0.25) is 0 Å². The average Bonchev–Trinajstić information content (AvgIpc) is 3.23. The summed E-state index contributed by atoms with van der Waals surface area (Å²) in [4.78, 5) is 6.94. The molecule has 7 rings (SSSR count). The minimum absolute atomic E-state index is 0.0170. The van der Waals surface area contributed by atoms with E-state index in [1.165, 1.54) is 11.1 Å². The van der Waals surface area contributed by atoms with E-state index in [2.05, 4.69) is 42.8 Å². The standard InChI is InChI=1S/C30H46N4O4/c1-26(2,3)27(4,35)20-17-28-10-11-30(20,37-6)24-29(28)12-15-34(14-7-13-33-25(31)32)21(28)16-18-8-9-19(36-5)23(38-24)22(18)29/h8-9,20-21,24,35H,7,10-17H2,1-6H3,(H4,31,32,33)/t20-,21+,24+,27+,28+,29-,30-/m0/s1. The van der Waals surface area contributed by atoms with Crippen molar-refractivity contribution in [2.45, 2.75) is 95.0 Å². The molecular weight excluding hydrogens is 480 g/mol. The molecule has 6 aliphatic rings. The number of rotatable bonds is 7. The van der Waals surface area contributed by atoms with Crippen LogP contribution in [-0.4, -0.2) is 73.2 Å². The minimum Gasteiger partial charge on any atom is -0.493 e. The van der Waals surface area contributed by atoms with E-state index in [-0.39, 0.29) is 34.2 Å². The Kier molecular flexibility index (Phi) is 5.68. The second kappa shape index (κ2) is 8.24. The molecule has 3 saturated carbocycles. The molecule has 5 N–H and O–H groups in total. The number of fused-ring (bicyclic) bond motifs is 2. The van der Waals surface area contributed by atoms with Gasteiger partial charge in [-0.2, -0.15) is 0 Å². The summed E-state index contributed by atoms with van der Waals surface area (Å²) < 4.78 is 19.6. The van der Waals surface area contributed by atoms with Crippen molar-refractivity contribution < 1.29 is 19.3 Å². The van der Waals surface area contributed by atoms with Gasteiger partial charge in [0.25, 0.3) is 0 Å². The number of aliphatic hydroxyl groups is 1. The molecule has 0 aromatic heterocycles. The number of aliphatic imine (C=N–C) groups is 1. The van der Waals surface area contributed by atoms with Crippen molar-refractivity contribution in [3.63, 3.8) is 0 Å². The first-order chi connectivity index (χ1) is 17.9. The van der Waals surface area contributed by atoms with Gasteiger partial charge in [-0.1, -0.05) is 26.8 Å². The number of hydrogen-bond donors (Lipinski definition) is 3. The fourth-order valence-corrected chi connectivity index (χ4v) is 9.63. The number of nitrogens with two attached hydrogens (primary N) is 2. The fourth-order valence-electron chi connectivity index (χ4n) is 9.63. The van der Waals surface area contributed by atoms with Crippen LogP contribution in [0, 0.1) is 16.7 Å². The number of nitrogens with zero attached hydrogens (tertiary/aromatic N) is 2. The first kappa shape index (κ1) is 26.2. The Morgan fingerprint density at radius 1 is 1.18 bits per heavy atom. The topological polar surface area (TPSA) is 116 Å². The van der Waals surface area contributed by atoms with Crippen molar-refractivity contribution in [1.29, 1.82) is 0 Å². The number of ether oxygens (including phenoxy) is 3. The van der Waals surface area contributed by atoms with E-state index >= 15 is 0 Å². The molecule has 4 fully saturated rings. The zero-order chi connectivity index (χ0) is 27.3. The molecule has 2 aliphatic heterocycles. The third-order valence-electron chi connectivity index (χ3n) is 11.8. The van der Waals surface area contributed by atoms with Gasteiger partial charge in [-0.05, 0) is 69.0 Å². The maximum absolute atomic E-state index is 12.3. The number of guanidine groups is 1. The summed E-state index contributed by atoms with van der Waals surface area (Å²) in [5.41, 5.74) is 11.9. The van der Waals surface area contributed by atoms with Crippen molar-refractivity contribution in [1.82, 2.24) is 4.90 Å². The highest BCUT2D eigenvalue weighted by Crippen LogP contribution is 2.78. The largest absolute Gasteiger partial charge is 0.493 e. The van der Waals surface area contributed by atoms with Gasteiger partial charge >= 0.3 is 0 Å². The number of methoxy groups -OCH3 is 2. The molecule has 2 heterocycles. The van der Waals surface area contributed by atoms with Crippen LogP contribution in [0.2, 0.25) is 0 Å². The van der Waals surface area contributed by atoms with Crippen LogP contribution < -0.4 is 20.9 Å². The molecule has 0 amide bonds. The molecule has 4 aliphatic carbocycles. The zero-order valence-electron chi connectivity index (χ0n) is 24.0. The maximum atomic E-state index is 12.3. The van der Waals surface area contributed by atoms with Crippen LogP contribution in [0.4, 0.5) is 0 Å². The van der Waals surface area contributed by atoms with Crippen molar-refractivity contribution in [2.75, 3.05) is 33.9 Å². The second-order valence-electron chi connectivity index (χ2n) is 13.7. The predicted octanol–water partition coefficient (Wildman–Crippen LogP) is 2.97. The Labute approximate surface area is 227 Å². The molecule has 4 bridgehead atoms. The Morgan fingerprint density at radius 3 is 2.61 bits per heavy atom. The molecule has 2 spiro atoms. The Bertz CT molecular complexity index is 1160. The monoisotopic (exact) mass is 526 g/mol. The van der Waals surface area contributed by atoms with Gasteiger partial charge in [-0.25, -0.2) is 0 Å². The second-order valence-corrected chi connectivity index (χ2v) is 13.7. The van der Waals surface area contributed by atoms with Gasteiger partial charge in [-0.3, -0.25) is 9.89 Å². The number of hydrogen-bond acceptors (Lipinski definition) is 6. The molecule has 210 valence electrons. The lowest BCUT2D eigenvalue weighted by Gasteiger charge is -2.75. The Hall–Kier alpha value is -2.03. The normalized spacial score (nSPS) is 38.2. The average molecular weight is 527 g/mol. The molecular formula is C30H46N4O4. The van der Waals surface area contributed by atoms with Crippen LogP contribution in [-0.2, 0) is 16.6 Å². The Balaban J connectivity index is 1.52. The van der Waals surface area contributed by atoms with Gasteiger partial charge in [0.1, 0.15) is 11.7 Å². The van der Waals surface area contributed by atoms with Gasteiger partial charge in [0.05, 0.1) is 12.7 Å². The lowest BCUT2D eigenvalue weighted by atomic mass is 9.33. The van der Waals surface area contributed by atoms with E-state index in [9.17, 15) is 5.11 Å². The number of benzene rings is 1. The van der Waals surface area contributed by atoms with Crippen LogP contribution >= 0.6 is 0 Å². The SMILES string of the molecule is COc1ccc2c3c1O[C@H]1[C@]4(OC)CC[C@@]5(C[C@H]4[C@@](C)(O)C(C)(C)C)[C@@H](C2)N(CCCN=C(N)N)CC[C@]315. The third kappa shape index (κ3) is 3.00. The van der Waals surface area contributed by atoms with E-state index < -0.39 is 11.2 Å². The fraction of sp³-hybridized carbons (Fsp3) is 0.767. The lowest BCUT2D eigenvalue weighted by Crippen LogP contribution is -2.83. The van der Waals surface area contributed by atoms with Crippen LogP contribution in [0.1, 0.15) is 70.9 Å². The van der Waals surface area contributed by atoms with Crippen molar-refractivity contribution in [2.24, 2.45) is 33.2 Å². The van der Waals surface area contributed by atoms with E-state index in [1.54, 1.807) is 7.11 Å². The first-order valence-corrected chi connectivity index (χ1v) is 14.3. The van der Waals surface area contributed by atoms with Crippen LogP contribution in [0.3, 0.4) is 0 Å². The van der Waals surface area contributed by atoms with Gasteiger partial charge < -0.3 is 30.8 Å². The van der Waals surface area contributed by atoms with Gasteiger partial charge in [-0.15, -0.1) is 0 Å². The predicted molar refractivity (Wildman–Crippen MR) is 148 cm³/mol. The molecule has 1 saturated heterocycles. The molecule has 7 atom stereocenters. The molecule has 8 heteroatoms. The highest BCUT2D eigenvalue weighted by molar-refractivity contribution is 5.75. The summed E-state index contributed by atoms with van der Waals surface area (Å²) in [5.74, 6) is 1.82. The molecule has 1 aromatic carbocycles. The summed E-state index contributed by atoms with van der Waals surface area (Å²) in [6, 6.07) is 4.70. The van der Waals surface area contributed by atoms with Gasteiger partial charge in [0, 0.05) is 48.6 Å². The number of piperidine rings is 1. The lowest BCUT2D eigenvalue weighted by molar-refractivity contribution is -0.312. The summed E-state index contributed by atoms with van der Waals surface area (Å²) in [7, 11) is 3.57. The van der Waals surface area contributed by atoms with E-state index in [0.29, 0.717) is 12.6 Å². The number of likely N-dealkylation sites (tertiary alicyclic amines) is 1. The minimum atomic E-state index is -0.937.